The highest BCUT2D eigenvalue weighted by Crippen LogP contribution is 2.37. The summed E-state index contributed by atoms with van der Waals surface area (Å²) in [5, 5.41) is 3.28. The van der Waals surface area contributed by atoms with Crippen LogP contribution >= 0.6 is 34.5 Å². The monoisotopic (exact) mass is 453 g/mol. The van der Waals surface area contributed by atoms with Crippen LogP contribution in [0.2, 0.25) is 10.6 Å². The second-order valence-electron chi connectivity index (χ2n) is 5.49. The molecule has 2 aromatic heterocycles. The van der Waals surface area contributed by atoms with Gasteiger partial charge in [-0.15, -0.1) is 11.3 Å². The molecular formula is C16H9Cl2N5O3S2. The highest BCUT2D eigenvalue weighted by molar-refractivity contribution is 7.85. The number of fused-ring (bicyclic) bond motifs is 1. The van der Waals surface area contributed by atoms with Gasteiger partial charge < -0.3 is 5.32 Å². The molecule has 0 radical (unpaired) electrons. The fourth-order valence-electron chi connectivity index (χ4n) is 2.46. The van der Waals surface area contributed by atoms with Gasteiger partial charge in [0.25, 0.3) is 10.1 Å². The zero-order chi connectivity index (χ0) is 19.9. The molecule has 0 fully saturated rings. The molecule has 0 aliphatic carbocycles. The van der Waals surface area contributed by atoms with E-state index in [0.717, 1.165) is 10.2 Å². The van der Waals surface area contributed by atoms with E-state index in [-0.39, 0.29) is 21.4 Å². The minimum atomic E-state index is -4.40. The van der Waals surface area contributed by atoms with Gasteiger partial charge in [-0.3, -0.25) is 4.55 Å². The van der Waals surface area contributed by atoms with Crippen LogP contribution in [0.25, 0.3) is 20.8 Å². The number of para-hydroxylation sites is 1. The Labute approximate surface area is 173 Å². The Kier molecular flexibility index (Phi) is 4.89. The van der Waals surface area contributed by atoms with E-state index in [9.17, 15) is 13.0 Å². The van der Waals surface area contributed by atoms with Crippen molar-refractivity contribution in [2.24, 2.45) is 0 Å². The molecule has 4 rings (SSSR count). The van der Waals surface area contributed by atoms with Gasteiger partial charge >= 0.3 is 0 Å². The van der Waals surface area contributed by atoms with Gasteiger partial charge in [-0.25, -0.2) is 4.98 Å². The van der Waals surface area contributed by atoms with Crippen LogP contribution in [0.5, 0.6) is 0 Å². The van der Waals surface area contributed by atoms with Gasteiger partial charge in [-0.2, -0.15) is 23.4 Å². The number of hydrogen-bond donors (Lipinski definition) is 2. The number of hydrogen-bond acceptors (Lipinski definition) is 8. The van der Waals surface area contributed by atoms with Crippen molar-refractivity contribution in [1.29, 1.82) is 0 Å². The highest BCUT2D eigenvalue weighted by Gasteiger charge is 2.18. The predicted octanol–water partition coefficient (Wildman–Crippen LogP) is 4.45. The Bertz CT molecular complexity index is 1260. The molecule has 2 heterocycles. The first-order valence-electron chi connectivity index (χ1n) is 7.61. The number of thiazole rings is 1. The van der Waals surface area contributed by atoms with Crippen molar-refractivity contribution in [1.82, 2.24) is 19.9 Å². The van der Waals surface area contributed by atoms with Gasteiger partial charge in [-0.05, 0) is 53.5 Å². The lowest BCUT2D eigenvalue weighted by atomic mass is 10.2. The predicted molar refractivity (Wildman–Crippen MR) is 108 cm³/mol. The Morgan fingerprint density at radius 2 is 1.68 bits per heavy atom. The summed E-state index contributed by atoms with van der Waals surface area (Å²) in [6.45, 7) is 0. The molecule has 0 atom stereocenters. The largest absolute Gasteiger partial charge is 0.323 e. The Balaban J connectivity index is 1.88. The lowest BCUT2D eigenvalue weighted by Crippen LogP contribution is -2.03. The SMILES string of the molecule is O=S(=O)(O)c1ccc(Nc2nc(Cl)nc(Cl)n2)c(-c2nc3ccccc3s2)c1. The molecular weight excluding hydrogens is 445 g/mol. The van der Waals surface area contributed by atoms with Gasteiger partial charge in [0.1, 0.15) is 5.01 Å². The summed E-state index contributed by atoms with van der Waals surface area (Å²) in [5.74, 6) is 0.0759. The topological polar surface area (TPSA) is 118 Å². The van der Waals surface area contributed by atoms with E-state index >= 15 is 0 Å². The maximum absolute atomic E-state index is 11.6. The third kappa shape index (κ3) is 3.91. The molecule has 0 aliphatic heterocycles. The van der Waals surface area contributed by atoms with Gasteiger partial charge in [0.2, 0.25) is 16.5 Å². The fraction of sp³-hybridized carbons (Fsp3) is 0. The summed E-state index contributed by atoms with van der Waals surface area (Å²) >= 11 is 13.0. The minimum absolute atomic E-state index is 0.0759. The molecule has 12 heteroatoms. The van der Waals surface area contributed by atoms with Gasteiger partial charge in [0, 0.05) is 5.56 Å². The lowest BCUT2D eigenvalue weighted by molar-refractivity contribution is 0.483. The number of nitrogens with zero attached hydrogens (tertiary/aromatic N) is 4. The maximum atomic E-state index is 11.6. The van der Waals surface area contributed by atoms with Crippen LogP contribution in [0.4, 0.5) is 11.6 Å². The number of rotatable bonds is 4. The van der Waals surface area contributed by atoms with E-state index in [0.29, 0.717) is 16.3 Å². The maximum Gasteiger partial charge on any atom is 0.294 e. The normalized spacial score (nSPS) is 11.7. The van der Waals surface area contributed by atoms with E-state index in [4.69, 9.17) is 23.2 Å². The van der Waals surface area contributed by atoms with Crippen molar-refractivity contribution in [2.75, 3.05) is 5.32 Å². The summed E-state index contributed by atoms with van der Waals surface area (Å²) in [6.07, 6.45) is 0. The van der Waals surface area contributed by atoms with Crippen LogP contribution in [0, 0.1) is 0 Å². The number of aromatic nitrogens is 4. The Hall–Kier alpha value is -2.37. The smallest absolute Gasteiger partial charge is 0.294 e. The van der Waals surface area contributed by atoms with Crippen molar-refractivity contribution < 1.29 is 13.0 Å². The molecule has 142 valence electrons. The first kappa shape index (κ1) is 19.0. The van der Waals surface area contributed by atoms with Crippen LogP contribution in [-0.2, 0) is 10.1 Å². The van der Waals surface area contributed by atoms with E-state index < -0.39 is 10.1 Å². The molecule has 0 bridgehead atoms. The van der Waals surface area contributed by atoms with Crippen molar-refractivity contribution in [2.45, 2.75) is 4.90 Å². The van der Waals surface area contributed by atoms with Crippen molar-refractivity contribution >= 4 is 66.5 Å². The average Bonchev–Trinajstić information content (AvgIpc) is 3.04. The summed E-state index contributed by atoms with van der Waals surface area (Å²) in [7, 11) is -4.40. The van der Waals surface area contributed by atoms with Gasteiger partial charge in [0.15, 0.2) is 0 Å². The molecule has 0 aliphatic rings. The molecule has 8 nitrogen and oxygen atoms in total. The molecule has 0 amide bonds. The lowest BCUT2D eigenvalue weighted by Gasteiger charge is -2.10. The van der Waals surface area contributed by atoms with Crippen LogP contribution in [0.15, 0.2) is 47.4 Å². The minimum Gasteiger partial charge on any atom is -0.323 e. The average molecular weight is 454 g/mol. The second kappa shape index (κ2) is 7.22. The fourth-order valence-corrected chi connectivity index (χ4v) is 4.33. The third-order valence-electron chi connectivity index (χ3n) is 3.64. The van der Waals surface area contributed by atoms with Crippen molar-refractivity contribution in [3.05, 3.63) is 53.0 Å². The molecule has 28 heavy (non-hydrogen) atoms. The van der Waals surface area contributed by atoms with Crippen molar-refractivity contribution in [3.8, 4) is 10.6 Å². The molecule has 4 aromatic rings. The van der Waals surface area contributed by atoms with Gasteiger partial charge in [0.05, 0.1) is 20.8 Å². The molecule has 2 N–H and O–H groups in total. The summed E-state index contributed by atoms with van der Waals surface area (Å²) < 4.78 is 33.5. The Morgan fingerprint density at radius 3 is 2.36 bits per heavy atom. The first-order valence-corrected chi connectivity index (χ1v) is 10.6. The quantitative estimate of drug-likeness (QED) is 0.435. The molecule has 0 saturated carbocycles. The van der Waals surface area contributed by atoms with Crippen LogP contribution in [-0.4, -0.2) is 32.9 Å². The summed E-state index contributed by atoms with van der Waals surface area (Å²) in [4.78, 5) is 15.8. The Morgan fingerprint density at radius 1 is 0.964 bits per heavy atom. The molecule has 0 unspecified atom stereocenters. The summed E-state index contributed by atoms with van der Waals surface area (Å²) in [6, 6.07) is 11.5. The van der Waals surface area contributed by atoms with Gasteiger partial charge in [-0.1, -0.05) is 12.1 Å². The first-order chi connectivity index (χ1) is 13.3. The van der Waals surface area contributed by atoms with E-state index in [2.05, 4.69) is 25.3 Å². The van der Waals surface area contributed by atoms with Crippen LogP contribution in [0.1, 0.15) is 0 Å². The standard InChI is InChI=1S/C16H9Cl2N5O3S2/c17-14-21-15(18)23-16(22-14)20-10-6-5-8(28(24,25)26)7-9(10)13-19-11-3-1-2-4-12(11)27-13/h1-7H,(H,24,25,26)(H,20,21,22,23). The molecule has 0 spiro atoms. The zero-order valence-corrected chi connectivity index (χ0v) is 16.8. The summed E-state index contributed by atoms with van der Waals surface area (Å²) in [5.41, 5.74) is 1.64. The number of nitrogens with one attached hydrogen (secondary N) is 1. The number of benzene rings is 2. The second-order valence-corrected chi connectivity index (χ2v) is 8.62. The van der Waals surface area contributed by atoms with E-state index in [1.54, 1.807) is 0 Å². The number of anilines is 2. The van der Waals surface area contributed by atoms with Crippen LogP contribution in [0.3, 0.4) is 0 Å². The van der Waals surface area contributed by atoms with E-state index in [1.807, 2.05) is 24.3 Å². The van der Waals surface area contributed by atoms with Crippen LogP contribution < -0.4 is 5.32 Å². The molecule has 0 saturated heterocycles. The molecule has 2 aromatic carbocycles. The third-order valence-corrected chi connectivity index (χ3v) is 5.90. The number of halogens is 2. The van der Waals surface area contributed by atoms with Crippen molar-refractivity contribution in [3.63, 3.8) is 0 Å². The van der Waals surface area contributed by atoms with E-state index in [1.165, 1.54) is 29.5 Å². The zero-order valence-electron chi connectivity index (χ0n) is 13.7. The highest BCUT2D eigenvalue weighted by atomic mass is 35.5.